The Balaban J connectivity index is 0.000000213. The van der Waals surface area contributed by atoms with E-state index < -0.39 is 23.9 Å². The Morgan fingerprint density at radius 2 is 0.978 bits per heavy atom. The van der Waals surface area contributed by atoms with Crippen LogP contribution in [-0.2, 0) is 63.6 Å². The van der Waals surface area contributed by atoms with E-state index >= 15 is 0 Å². The van der Waals surface area contributed by atoms with Gasteiger partial charge in [0.2, 0.25) is 0 Å². The van der Waals surface area contributed by atoms with E-state index in [1.165, 1.54) is 67.4 Å². The van der Waals surface area contributed by atoms with Gasteiger partial charge in [-0.3, -0.25) is 24.2 Å². The minimum absolute atomic E-state index is 0. The number of allylic oxidation sites excluding steroid dienone is 17. The smallest absolute Gasteiger partial charge is 0.658 e. The van der Waals surface area contributed by atoms with E-state index in [1.54, 1.807) is 22.3 Å². The summed E-state index contributed by atoms with van der Waals surface area (Å²) in [5.74, 6) is -2.05. The maximum absolute atomic E-state index is 11.6. The number of aliphatic carboxylic acids is 3. The standard InChI is InChI=1S/C39H48N2.C36H40N4O8.Pd/c1-9-22-23(10-2)33-19-37-28(15-7)29(16-8)39(41-37)21-35-25(12-4)24(11-3)34-20-38-27(14-6)26(13-5)36(40-38)18-32(22)30(33)17-31(34)35;1-18-22(5-8-34(42)43)30-13-27-19(2)23(6-9-35(44)45)32(38-27)15-29-21(4)25(11-12-48-17-41)33(40-29)16-28-20(3)24(7-10-36(46)47)31(39-28)14-26(18)37-30;/h18-21,30-31H,9-17H2,1-8H3;13-17,28H,5-12H2,1-4H3,(H6,37,38,39,40,42,43,44,45,46,47);/q;;+2/p-2/b;33-16-;. The first kappa shape index (κ1) is 66.7. The number of fused-ring (bicyclic) bond motifs is 9. The Morgan fingerprint density at radius 3 is 1.48 bits per heavy atom. The molecule has 3 aromatic rings. The first-order chi connectivity index (χ1) is 42.8. The number of rotatable bonds is 21. The largest absolute Gasteiger partial charge is 2.00 e. The van der Waals surface area contributed by atoms with Gasteiger partial charge in [0.25, 0.3) is 6.47 Å². The number of hydrogen-bond donors (Lipinski definition) is 4. The van der Waals surface area contributed by atoms with Crippen molar-refractivity contribution in [2.45, 2.75) is 192 Å². The number of aromatic nitrogens is 3. The molecule has 0 fully saturated rings. The zero-order valence-electron chi connectivity index (χ0n) is 54.4. The van der Waals surface area contributed by atoms with Gasteiger partial charge in [-0.05, 0) is 218 Å². The number of ether oxygens (including phenoxy) is 1. The van der Waals surface area contributed by atoms with E-state index in [4.69, 9.17) is 29.7 Å². The minimum Gasteiger partial charge on any atom is -0.658 e. The van der Waals surface area contributed by atoms with E-state index in [0.717, 1.165) is 102 Å². The number of carboxylic acid groups (broad SMARTS) is 3. The summed E-state index contributed by atoms with van der Waals surface area (Å²) < 4.78 is 5.03. The Morgan fingerprint density at radius 1 is 0.511 bits per heavy atom. The molecule has 0 saturated carbocycles. The average Bonchev–Trinajstić information content (AvgIpc) is 1.58. The molecule has 2 aliphatic carbocycles. The Kier molecular flexibility index (Phi) is 20.9. The van der Waals surface area contributed by atoms with E-state index in [9.17, 15) is 34.5 Å². The molecule has 0 aromatic carbocycles. The van der Waals surface area contributed by atoms with Crippen LogP contribution in [0.3, 0.4) is 0 Å². The molecule has 11 rings (SSSR count). The van der Waals surface area contributed by atoms with Gasteiger partial charge < -0.3 is 35.0 Å². The van der Waals surface area contributed by atoms with Gasteiger partial charge in [-0.15, -0.1) is 21.4 Å². The van der Waals surface area contributed by atoms with E-state index in [0.29, 0.717) is 63.2 Å². The summed E-state index contributed by atoms with van der Waals surface area (Å²) in [5, 5.41) is 31.0. The number of hydrogen-bond acceptors (Lipinski definition) is 8. The van der Waals surface area contributed by atoms with Crippen molar-refractivity contribution in [3.63, 3.8) is 0 Å². The van der Waals surface area contributed by atoms with Crippen LogP contribution in [0.4, 0.5) is 0 Å². The van der Waals surface area contributed by atoms with Crippen molar-refractivity contribution in [1.29, 1.82) is 0 Å². The molecule has 0 saturated heterocycles. The number of nitrogens with zero attached hydrogens (tertiary/aromatic N) is 5. The Bertz CT molecular complexity index is 4120. The summed E-state index contributed by atoms with van der Waals surface area (Å²) in [5.41, 5.74) is 31.7. The molecule has 0 amide bonds. The van der Waals surface area contributed by atoms with Gasteiger partial charge in [-0.1, -0.05) is 102 Å². The molecular formula is C75H86N6O8Pd. The van der Waals surface area contributed by atoms with Gasteiger partial charge >= 0.3 is 38.3 Å². The van der Waals surface area contributed by atoms with Gasteiger partial charge in [-0.2, -0.15) is 0 Å². The van der Waals surface area contributed by atoms with Gasteiger partial charge in [0.05, 0.1) is 41.2 Å². The van der Waals surface area contributed by atoms with Crippen molar-refractivity contribution in [3.05, 3.63) is 180 Å². The Hall–Kier alpha value is -7.73. The first-order valence-corrected chi connectivity index (χ1v) is 32.4. The molecule has 90 heavy (non-hydrogen) atoms. The van der Waals surface area contributed by atoms with Crippen LogP contribution in [0.1, 0.15) is 191 Å². The van der Waals surface area contributed by atoms with Crippen molar-refractivity contribution < 1.29 is 59.7 Å². The number of carbonyl (C=O) groups excluding carboxylic acids is 1. The fourth-order valence-corrected chi connectivity index (χ4v) is 15.3. The molecule has 1 unspecified atom stereocenters. The van der Waals surface area contributed by atoms with Crippen molar-refractivity contribution in [2.75, 3.05) is 6.61 Å². The zero-order valence-corrected chi connectivity index (χ0v) is 55.9. The maximum Gasteiger partial charge on any atom is 2.00 e. The molecule has 3 aromatic heterocycles. The van der Waals surface area contributed by atoms with Crippen LogP contribution in [-0.4, -0.2) is 74.5 Å². The molecule has 15 heteroatoms. The molecule has 8 aliphatic rings. The number of H-pyrrole nitrogens is 1. The quantitative estimate of drug-likeness (QED) is 0.0449. The van der Waals surface area contributed by atoms with Crippen molar-refractivity contribution in [3.8, 4) is 0 Å². The molecule has 474 valence electrons. The number of nitrogens with one attached hydrogen (secondary N) is 1. The second-order valence-electron chi connectivity index (χ2n) is 24.3. The predicted molar refractivity (Wildman–Crippen MR) is 354 cm³/mol. The molecule has 4 N–H and O–H groups in total. The van der Waals surface area contributed by atoms with E-state index in [1.807, 2.05) is 52.0 Å². The molecule has 0 spiro atoms. The number of aromatic amines is 1. The summed E-state index contributed by atoms with van der Waals surface area (Å²) in [4.78, 5) is 75.0. The third-order valence-corrected chi connectivity index (χ3v) is 19.7. The normalized spacial score (nSPS) is 20.3. The topological polar surface area (TPSA) is 219 Å². The van der Waals surface area contributed by atoms with Crippen LogP contribution < -0.4 is 31.4 Å². The summed E-state index contributed by atoms with van der Waals surface area (Å²) in [6, 6.07) is -0.445. The van der Waals surface area contributed by atoms with Gasteiger partial charge in [0.1, 0.15) is 0 Å². The molecule has 14 bridgehead atoms. The monoisotopic (exact) mass is 1300 g/mol. The third-order valence-electron chi connectivity index (χ3n) is 19.7. The zero-order chi connectivity index (χ0) is 63.7. The number of carboxylic acids is 3. The molecule has 9 heterocycles. The maximum atomic E-state index is 11.6. The third kappa shape index (κ3) is 12.6. The average molecular weight is 1310 g/mol. The second kappa shape index (κ2) is 28.2. The minimum atomic E-state index is -0.934. The molecule has 6 aliphatic heterocycles. The van der Waals surface area contributed by atoms with Crippen LogP contribution in [0.15, 0.2) is 129 Å². The number of carbonyl (C=O) groups is 4. The van der Waals surface area contributed by atoms with Crippen LogP contribution in [0, 0.1) is 32.6 Å². The van der Waals surface area contributed by atoms with Crippen molar-refractivity contribution in [2.24, 2.45) is 26.8 Å². The summed E-state index contributed by atoms with van der Waals surface area (Å²) in [7, 11) is 0. The molecule has 1 atom stereocenters. The summed E-state index contributed by atoms with van der Waals surface area (Å²) in [6.07, 6.45) is 28.0. The van der Waals surface area contributed by atoms with Crippen LogP contribution in [0.5, 0.6) is 0 Å². The fraction of sp³-hybridized carbons (Fsp3) is 0.427. The molecule has 14 nitrogen and oxygen atoms in total. The van der Waals surface area contributed by atoms with Crippen LogP contribution in [0.2, 0.25) is 0 Å². The van der Waals surface area contributed by atoms with Crippen LogP contribution in [0.25, 0.3) is 24.3 Å². The van der Waals surface area contributed by atoms with Crippen LogP contribution >= 0.6 is 0 Å². The fourth-order valence-electron chi connectivity index (χ4n) is 15.3. The van der Waals surface area contributed by atoms with Gasteiger partial charge in [0.15, 0.2) is 0 Å². The Labute approximate surface area is 542 Å². The van der Waals surface area contributed by atoms with E-state index in [-0.39, 0.29) is 65.6 Å². The van der Waals surface area contributed by atoms with E-state index in [2.05, 4.69) is 84.7 Å². The van der Waals surface area contributed by atoms with Gasteiger partial charge in [-0.25, -0.2) is 9.98 Å². The molecular weight excluding hydrogens is 1220 g/mol. The van der Waals surface area contributed by atoms with Gasteiger partial charge in [0, 0.05) is 48.9 Å². The van der Waals surface area contributed by atoms with Crippen molar-refractivity contribution >= 4 is 65.8 Å². The first-order valence-electron chi connectivity index (χ1n) is 32.4. The SMILES string of the molecule is CC1=C(CCC(=O)O)C2=NC1/C=c1\[n-]/c(c(C)c1CCOC=O)=C\c1[nH]c(c(C)c1CCC(=O)O)C=c1[n-]c(c(C)c1CCC(=O)O)=C2.CCC1=C(CC)C2=NC1=CC1=C(CC)C(CC)=C3C=C4N=C(C=C5C(CC)=C(CC)C(=C2)C5CC13)C(CC)=C4CC.[Pd+2]. The predicted octanol–water partition coefficient (Wildman–Crippen LogP) is 11.8. The molecule has 0 radical (unpaired) electrons. The summed E-state index contributed by atoms with van der Waals surface area (Å²) in [6.45, 7) is 26.9. The van der Waals surface area contributed by atoms with Crippen molar-refractivity contribution in [1.82, 2.24) is 15.0 Å². The summed E-state index contributed by atoms with van der Waals surface area (Å²) >= 11 is 0. The number of aliphatic imine (C=N–C) groups is 3. The second-order valence-corrected chi connectivity index (χ2v) is 24.3.